The molecule has 0 radical (unpaired) electrons. The molecule has 0 spiro atoms. The van der Waals surface area contributed by atoms with Gasteiger partial charge in [-0.2, -0.15) is 0 Å². The molecule has 1 atom stereocenters. The summed E-state index contributed by atoms with van der Waals surface area (Å²) in [6.45, 7) is 8.88. The SMILES string of the molecule is C=C(Cl)/C(Cl)=C(\C(=C)F)C1(Nc2ccc3c(c2)C(=O)N(C)CC3)CCNC1. The third-order valence-electron chi connectivity index (χ3n) is 5.15. The zero-order valence-corrected chi connectivity index (χ0v) is 16.7. The summed E-state index contributed by atoms with van der Waals surface area (Å²) in [6.07, 6.45) is 1.39. The molecular weight excluding hydrogens is 388 g/mol. The molecule has 0 aliphatic carbocycles. The van der Waals surface area contributed by atoms with Gasteiger partial charge in [0.2, 0.25) is 0 Å². The van der Waals surface area contributed by atoms with Crippen molar-refractivity contribution in [1.29, 1.82) is 0 Å². The summed E-state index contributed by atoms with van der Waals surface area (Å²) in [5, 5.41) is 6.72. The summed E-state index contributed by atoms with van der Waals surface area (Å²) in [4.78, 5) is 14.2. The molecule has 7 heteroatoms. The largest absolute Gasteiger partial charge is 0.374 e. The van der Waals surface area contributed by atoms with Crippen molar-refractivity contribution in [3.05, 3.63) is 63.9 Å². The van der Waals surface area contributed by atoms with Crippen molar-refractivity contribution in [3.8, 4) is 0 Å². The zero-order chi connectivity index (χ0) is 19.8. The molecule has 27 heavy (non-hydrogen) atoms. The Morgan fingerprint density at radius 2 is 2.11 bits per heavy atom. The van der Waals surface area contributed by atoms with Gasteiger partial charge in [-0.1, -0.05) is 42.4 Å². The molecule has 4 nitrogen and oxygen atoms in total. The van der Waals surface area contributed by atoms with E-state index in [0.717, 1.165) is 12.0 Å². The van der Waals surface area contributed by atoms with E-state index in [9.17, 15) is 9.18 Å². The van der Waals surface area contributed by atoms with Crippen molar-refractivity contribution in [3.63, 3.8) is 0 Å². The minimum absolute atomic E-state index is 0.0173. The third kappa shape index (κ3) is 3.77. The summed E-state index contributed by atoms with van der Waals surface area (Å²) in [7, 11) is 1.79. The number of hydrogen-bond donors (Lipinski definition) is 2. The van der Waals surface area contributed by atoms with Crippen molar-refractivity contribution >= 4 is 34.8 Å². The van der Waals surface area contributed by atoms with Crippen LogP contribution >= 0.6 is 23.2 Å². The monoisotopic (exact) mass is 409 g/mol. The molecule has 0 aromatic heterocycles. The number of rotatable bonds is 5. The molecule has 2 aliphatic heterocycles. The second-order valence-electron chi connectivity index (χ2n) is 6.98. The van der Waals surface area contributed by atoms with Gasteiger partial charge in [-0.3, -0.25) is 4.79 Å². The Balaban J connectivity index is 2.03. The highest BCUT2D eigenvalue weighted by Crippen LogP contribution is 2.39. The van der Waals surface area contributed by atoms with Crippen molar-refractivity contribution < 1.29 is 9.18 Å². The first-order chi connectivity index (χ1) is 12.7. The van der Waals surface area contributed by atoms with Gasteiger partial charge in [0.05, 0.1) is 15.6 Å². The van der Waals surface area contributed by atoms with Crippen molar-refractivity contribution in [2.24, 2.45) is 0 Å². The lowest BCUT2D eigenvalue weighted by atomic mass is 9.86. The van der Waals surface area contributed by atoms with Crippen LogP contribution in [0.25, 0.3) is 0 Å². The minimum atomic E-state index is -0.835. The lowest BCUT2D eigenvalue weighted by molar-refractivity contribution is 0.0781. The molecule has 2 aliphatic rings. The van der Waals surface area contributed by atoms with Crippen LogP contribution in [0.5, 0.6) is 0 Å². The highest BCUT2D eigenvalue weighted by atomic mass is 35.5. The van der Waals surface area contributed by atoms with Gasteiger partial charge in [0.15, 0.2) is 0 Å². The van der Waals surface area contributed by atoms with Gasteiger partial charge in [-0.25, -0.2) is 4.39 Å². The summed E-state index contributed by atoms with van der Waals surface area (Å²) in [6, 6.07) is 5.66. The van der Waals surface area contributed by atoms with E-state index in [1.807, 2.05) is 18.2 Å². The number of likely N-dealkylation sites (N-methyl/N-ethyl adjacent to an activating group) is 1. The fraction of sp³-hybridized carbons (Fsp3) is 0.350. The predicted molar refractivity (Wildman–Crippen MR) is 109 cm³/mol. The first-order valence-corrected chi connectivity index (χ1v) is 9.48. The second-order valence-corrected chi connectivity index (χ2v) is 7.82. The molecule has 2 N–H and O–H groups in total. The fourth-order valence-corrected chi connectivity index (χ4v) is 4.12. The summed E-state index contributed by atoms with van der Waals surface area (Å²) in [5.41, 5.74) is 1.74. The lowest BCUT2D eigenvalue weighted by Crippen LogP contribution is -2.43. The summed E-state index contributed by atoms with van der Waals surface area (Å²) < 4.78 is 14.4. The lowest BCUT2D eigenvalue weighted by Gasteiger charge is -2.34. The van der Waals surface area contributed by atoms with Crippen LogP contribution in [-0.2, 0) is 6.42 Å². The Morgan fingerprint density at radius 3 is 2.70 bits per heavy atom. The van der Waals surface area contributed by atoms with Gasteiger partial charge in [-0.15, -0.1) is 0 Å². The molecule has 1 unspecified atom stereocenters. The van der Waals surface area contributed by atoms with Gasteiger partial charge in [0.25, 0.3) is 5.91 Å². The molecule has 3 rings (SSSR count). The van der Waals surface area contributed by atoms with Crippen LogP contribution in [0.4, 0.5) is 10.1 Å². The van der Waals surface area contributed by atoms with Crippen LogP contribution < -0.4 is 10.6 Å². The number of allylic oxidation sites excluding steroid dienone is 2. The number of benzene rings is 1. The topological polar surface area (TPSA) is 44.4 Å². The van der Waals surface area contributed by atoms with E-state index in [2.05, 4.69) is 23.8 Å². The summed E-state index contributed by atoms with van der Waals surface area (Å²) >= 11 is 12.2. The second kappa shape index (κ2) is 7.66. The smallest absolute Gasteiger partial charge is 0.253 e. The van der Waals surface area contributed by atoms with Crippen LogP contribution in [0.15, 0.2) is 52.8 Å². The normalized spacial score (nSPS) is 23.0. The number of nitrogens with zero attached hydrogens (tertiary/aromatic N) is 1. The standard InChI is InChI=1S/C20H22Cl2FN3O/c1-12(21)18(22)17(13(2)23)20(7-8-24-11-20)25-15-5-4-14-6-9-26(3)19(27)16(14)10-15/h4-5,10,24-25H,1-2,6-9,11H2,3H3/b18-17-. The van der Waals surface area contributed by atoms with Gasteiger partial charge in [0.1, 0.15) is 5.83 Å². The Kier molecular flexibility index (Phi) is 5.65. The molecule has 1 aromatic rings. The highest BCUT2D eigenvalue weighted by molar-refractivity contribution is 6.44. The Bertz CT molecular complexity index is 844. The van der Waals surface area contributed by atoms with Gasteiger partial charge >= 0.3 is 0 Å². The van der Waals surface area contributed by atoms with E-state index in [1.54, 1.807) is 11.9 Å². The van der Waals surface area contributed by atoms with E-state index >= 15 is 0 Å². The summed E-state index contributed by atoms with van der Waals surface area (Å²) in [5.74, 6) is -0.678. The quantitative estimate of drug-likeness (QED) is 0.716. The van der Waals surface area contributed by atoms with Crippen LogP contribution in [-0.4, -0.2) is 43.0 Å². The van der Waals surface area contributed by atoms with E-state index in [-0.39, 0.29) is 21.5 Å². The van der Waals surface area contributed by atoms with Crippen molar-refractivity contribution in [2.45, 2.75) is 18.4 Å². The maximum Gasteiger partial charge on any atom is 0.253 e. The maximum absolute atomic E-state index is 14.4. The Morgan fingerprint density at radius 1 is 1.37 bits per heavy atom. The Hall–Kier alpha value is -1.82. The van der Waals surface area contributed by atoms with E-state index in [0.29, 0.717) is 37.3 Å². The highest BCUT2D eigenvalue weighted by Gasteiger charge is 2.41. The Labute approximate surface area is 168 Å². The van der Waals surface area contributed by atoms with Crippen molar-refractivity contribution in [2.75, 3.05) is 32.0 Å². The van der Waals surface area contributed by atoms with Gasteiger partial charge in [0, 0.05) is 37.0 Å². The number of amides is 1. The first kappa shape index (κ1) is 19.9. The van der Waals surface area contributed by atoms with Crippen LogP contribution in [0, 0.1) is 0 Å². The van der Waals surface area contributed by atoms with E-state index in [4.69, 9.17) is 23.2 Å². The average Bonchev–Trinajstić information content (AvgIpc) is 3.07. The number of nitrogens with one attached hydrogen (secondary N) is 2. The number of hydrogen-bond acceptors (Lipinski definition) is 3. The first-order valence-electron chi connectivity index (χ1n) is 8.72. The molecule has 1 amide bonds. The third-order valence-corrected chi connectivity index (χ3v) is 5.85. The zero-order valence-electron chi connectivity index (χ0n) is 15.2. The van der Waals surface area contributed by atoms with Crippen molar-refractivity contribution in [1.82, 2.24) is 10.2 Å². The van der Waals surface area contributed by atoms with Crippen LogP contribution in [0.3, 0.4) is 0 Å². The number of carbonyl (C=O) groups is 1. The minimum Gasteiger partial charge on any atom is -0.374 e. The molecule has 2 heterocycles. The molecular formula is C20H22Cl2FN3O. The molecule has 0 bridgehead atoms. The van der Waals surface area contributed by atoms with Gasteiger partial charge in [-0.05, 0) is 37.1 Å². The number of carbonyl (C=O) groups excluding carboxylic acids is 1. The fourth-order valence-electron chi connectivity index (χ4n) is 3.74. The molecule has 0 saturated carbocycles. The van der Waals surface area contributed by atoms with E-state index < -0.39 is 11.4 Å². The van der Waals surface area contributed by atoms with E-state index in [1.165, 1.54) is 0 Å². The van der Waals surface area contributed by atoms with Gasteiger partial charge < -0.3 is 15.5 Å². The molecule has 1 saturated heterocycles. The molecule has 1 aromatic carbocycles. The molecule has 144 valence electrons. The number of fused-ring (bicyclic) bond motifs is 1. The van der Waals surface area contributed by atoms with Crippen LogP contribution in [0.1, 0.15) is 22.3 Å². The number of anilines is 1. The van der Waals surface area contributed by atoms with Crippen LogP contribution in [0.2, 0.25) is 0 Å². The number of halogens is 3. The maximum atomic E-state index is 14.4. The predicted octanol–water partition coefficient (Wildman–Crippen LogP) is 4.19. The molecule has 1 fully saturated rings. The average molecular weight is 410 g/mol.